The number of benzene rings is 1. The zero-order chi connectivity index (χ0) is 30.9. The number of non-ortho nitro benzene ring substituents is 1. The minimum absolute atomic E-state index is 0.000976. The standard InChI is InChI=1S/C18H23N6O13P3S2/c19-16-15-17(22-18(21-16)42-6-5-10-1-3-11(4-2-10)24(26)27)23(9-20-15)14-7-12(25)13(35-14)8-34-40(33,41)37-39(31,32)36-38(28,29)30/h1-4,9,12-14,25H,5-8H2,(H,31,32)(H,33,41)(H2,19,21,22)(H2,28,29,30)/t12-,13+,14+,40?/m0/s1. The summed E-state index contributed by atoms with van der Waals surface area (Å²) in [6.07, 6.45) is -1.19. The Morgan fingerprint density at radius 3 is 2.52 bits per heavy atom. The molecule has 1 aromatic carbocycles. The van der Waals surface area contributed by atoms with Crippen molar-refractivity contribution in [3.05, 3.63) is 46.3 Å². The zero-order valence-electron chi connectivity index (χ0n) is 20.9. The van der Waals surface area contributed by atoms with Gasteiger partial charge in [-0.25, -0.2) is 28.4 Å². The molecule has 2 aromatic heterocycles. The SMILES string of the molecule is Nc1nc(SCCc2ccc([N+](=O)[O-])cc2)nc2c1ncn2[C@H]1C[C@H](O)[C@@H](COP(O)(=S)OP(=O)(O)OP(=O)(O)O)O1. The van der Waals surface area contributed by atoms with Gasteiger partial charge in [0.05, 0.1) is 24.0 Å². The summed E-state index contributed by atoms with van der Waals surface area (Å²) in [6.45, 7) is -5.21. The quantitative estimate of drug-likeness (QED) is 0.0490. The van der Waals surface area contributed by atoms with Crippen molar-refractivity contribution in [1.29, 1.82) is 0 Å². The van der Waals surface area contributed by atoms with Crippen molar-refractivity contribution >= 4 is 68.6 Å². The number of nitrogens with two attached hydrogens (primary N) is 1. The highest BCUT2D eigenvalue weighted by atomic mass is 32.5. The van der Waals surface area contributed by atoms with Crippen molar-refractivity contribution < 1.29 is 56.6 Å². The number of phosphoric acid groups is 2. The lowest BCUT2D eigenvalue weighted by atomic mass is 10.1. The molecule has 19 nitrogen and oxygen atoms in total. The van der Waals surface area contributed by atoms with Crippen LogP contribution < -0.4 is 5.73 Å². The largest absolute Gasteiger partial charge is 0.488 e. The fourth-order valence-electron chi connectivity index (χ4n) is 3.74. The summed E-state index contributed by atoms with van der Waals surface area (Å²) in [6, 6.07) is 6.16. The Labute approximate surface area is 245 Å². The molecule has 0 amide bonds. The monoisotopic (exact) mass is 688 g/mol. The van der Waals surface area contributed by atoms with Crippen molar-refractivity contribution in [2.45, 2.75) is 36.4 Å². The molecule has 0 bridgehead atoms. The molecule has 0 spiro atoms. The highest BCUT2D eigenvalue weighted by molar-refractivity contribution is 8.08. The first-order chi connectivity index (χ1) is 19.5. The number of hydrogen-bond donors (Lipinski definition) is 6. The maximum atomic E-state index is 11.7. The van der Waals surface area contributed by atoms with E-state index in [2.05, 4.69) is 35.4 Å². The number of aromatic nitrogens is 4. The molecular formula is C18H23N6O13P3S2. The Kier molecular flexibility index (Phi) is 10.2. The Morgan fingerprint density at radius 2 is 1.88 bits per heavy atom. The van der Waals surface area contributed by atoms with Crippen molar-refractivity contribution in [3.8, 4) is 0 Å². The molecule has 2 unspecified atom stereocenters. The highest BCUT2D eigenvalue weighted by Gasteiger charge is 2.41. The predicted molar refractivity (Wildman–Crippen MR) is 148 cm³/mol. The van der Waals surface area contributed by atoms with Gasteiger partial charge in [-0.05, 0) is 23.8 Å². The lowest BCUT2D eigenvalue weighted by Gasteiger charge is -2.21. The second-order valence-corrected chi connectivity index (χ2v) is 15.4. The maximum Gasteiger partial charge on any atom is 0.488 e. The van der Waals surface area contributed by atoms with Crippen molar-refractivity contribution in [2.24, 2.45) is 0 Å². The van der Waals surface area contributed by atoms with E-state index in [0.29, 0.717) is 23.0 Å². The summed E-state index contributed by atoms with van der Waals surface area (Å²) >= 11 is 5.87. The smallest absolute Gasteiger partial charge is 0.390 e. The van der Waals surface area contributed by atoms with Crippen LogP contribution in [-0.4, -0.2) is 73.7 Å². The molecule has 7 N–H and O–H groups in total. The number of aliphatic hydroxyl groups excluding tert-OH is 1. The molecule has 3 aromatic rings. The Balaban J connectivity index is 1.39. The predicted octanol–water partition coefficient (Wildman–Crippen LogP) is 1.76. The molecule has 0 radical (unpaired) electrons. The number of hydrogen-bond acceptors (Lipinski definition) is 15. The van der Waals surface area contributed by atoms with Crippen LogP contribution in [0.5, 0.6) is 0 Å². The molecule has 0 saturated carbocycles. The topological polar surface area (TPSA) is 285 Å². The summed E-state index contributed by atoms with van der Waals surface area (Å²) in [5.41, 5.74) is 7.51. The number of nitro groups is 1. The average molecular weight is 688 g/mol. The van der Waals surface area contributed by atoms with Gasteiger partial charge in [0.1, 0.15) is 17.8 Å². The van der Waals surface area contributed by atoms with Gasteiger partial charge in [-0.3, -0.25) is 14.7 Å². The number of aryl methyl sites for hydroxylation is 1. The molecule has 5 atom stereocenters. The molecule has 3 heterocycles. The number of nitro benzene ring substituents is 1. The van der Waals surface area contributed by atoms with E-state index in [1.54, 1.807) is 12.1 Å². The van der Waals surface area contributed by atoms with E-state index in [1.807, 2.05) is 0 Å². The molecular weight excluding hydrogens is 665 g/mol. The summed E-state index contributed by atoms with van der Waals surface area (Å²) in [5.74, 6) is 0.628. The van der Waals surface area contributed by atoms with E-state index in [9.17, 15) is 34.1 Å². The summed E-state index contributed by atoms with van der Waals surface area (Å²) in [4.78, 5) is 60.0. The van der Waals surface area contributed by atoms with Gasteiger partial charge in [0, 0.05) is 24.3 Å². The molecule has 24 heteroatoms. The molecule has 1 aliphatic rings. The van der Waals surface area contributed by atoms with Crippen molar-refractivity contribution in [2.75, 3.05) is 18.1 Å². The van der Waals surface area contributed by atoms with Crippen LogP contribution in [0.25, 0.3) is 11.2 Å². The van der Waals surface area contributed by atoms with E-state index in [4.69, 9.17) is 24.8 Å². The third kappa shape index (κ3) is 8.81. The number of anilines is 1. The van der Waals surface area contributed by atoms with E-state index in [1.165, 1.54) is 34.8 Å². The summed E-state index contributed by atoms with van der Waals surface area (Å²) < 4.78 is 42.4. The van der Waals surface area contributed by atoms with Crippen LogP contribution in [0.15, 0.2) is 35.7 Å². The third-order valence-electron chi connectivity index (χ3n) is 5.53. The van der Waals surface area contributed by atoms with E-state index in [0.717, 1.165) is 5.56 Å². The lowest BCUT2D eigenvalue weighted by Crippen LogP contribution is -2.26. The van der Waals surface area contributed by atoms with E-state index in [-0.39, 0.29) is 23.4 Å². The zero-order valence-corrected chi connectivity index (χ0v) is 25.2. The first kappa shape index (κ1) is 33.0. The Hall–Kier alpha value is -1.93. The van der Waals surface area contributed by atoms with Gasteiger partial charge in [-0.2, -0.15) is 4.31 Å². The van der Waals surface area contributed by atoms with E-state index >= 15 is 0 Å². The van der Waals surface area contributed by atoms with Crippen LogP contribution in [0.4, 0.5) is 11.5 Å². The van der Waals surface area contributed by atoms with Crippen LogP contribution in [0.1, 0.15) is 18.2 Å². The van der Waals surface area contributed by atoms with Crippen molar-refractivity contribution in [1.82, 2.24) is 19.5 Å². The minimum Gasteiger partial charge on any atom is -0.390 e. The van der Waals surface area contributed by atoms with Crippen LogP contribution in [0.3, 0.4) is 0 Å². The minimum atomic E-state index is -5.49. The van der Waals surface area contributed by atoms with Gasteiger partial charge in [0.2, 0.25) is 0 Å². The molecule has 1 aliphatic heterocycles. The first-order valence-electron chi connectivity index (χ1n) is 11.5. The number of nitrogens with zero attached hydrogens (tertiary/aromatic N) is 5. The molecule has 1 saturated heterocycles. The number of thioether (sulfide) groups is 1. The van der Waals surface area contributed by atoms with Gasteiger partial charge in [-0.15, -0.1) is 0 Å². The second kappa shape index (κ2) is 13.0. The van der Waals surface area contributed by atoms with Crippen LogP contribution in [0, 0.1) is 10.1 Å². The van der Waals surface area contributed by atoms with Gasteiger partial charge in [-0.1, -0.05) is 23.9 Å². The maximum absolute atomic E-state index is 11.7. The number of ether oxygens (including phenoxy) is 1. The first-order valence-corrected chi connectivity index (χ1v) is 18.1. The lowest BCUT2D eigenvalue weighted by molar-refractivity contribution is -0.384. The van der Waals surface area contributed by atoms with E-state index < -0.39 is 52.3 Å². The van der Waals surface area contributed by atoms with Crippen LogP contribution in [-0.2, 0) is 45.2 Å². The molecule has 4 rings (SSSR count). The normalized spacial score (nSPS) is 22.2. The van der Waals surface area contributed by atoms with Crippen molar-refractivity contribution in [3.63, 3.8) is 0 Å². The molecule has 0 aliphatic carbocycles. The number of imidazole rings is 1. The Morgan fingerprint density at radius 1 is 1.19 bits per heavy atom. The number of rotatable bonds is 13. The summed E-state index contributed by atoms with van der Waals surface area (Å²) in [5, 5.41) is 21.6. The van der Waals surface area contributed by atoms with Gasteiger partial charge >= 0.3 is 22.4 Å². The fraction of sp³-hybridized carbons (Fsp3) is 0.389. The highest BCUT2D eigenvalue weighted by Crippen LogP contribution is 2.66. The van der Waals surface area contributed by atoms with Crippen LogP contribution >= 0.6 is 34.1 Å². The average Bonchev–Trinajstić information content (AvgIpc) is 3.44. The second-order valence-electron chi connectivity index (χ2n) is 8.56. The van der Waals surface area contributed by atoms with Crippen LogP contribution in [0.2, 0.25) is 0 Å². The molecule has 1 fully saturated rings. The number of fused-ring (bicyclic) bond motifs is 1. The third-order valence-corrected chi connectivity index (χ3v) is 11.1. The fourth-order valence-corrected chi connectivity index (χ4v) is 8.55. The molecule has 230 valence electrons. The molecule has 42 heavy (non-hydrogen) atoms. The number of aliphatic hydroxyl groups is 1. The summed E-state index contributed by atoms with van der Waals surface area (Å²) in [7, 11) is -11.0. The van der Waals surface area contributed by atoms with Gasteiger partial charge in [0.25, 0.3) is 5.69 Å². The van der Waals surface area contributed by atoms with Gasteiger partial charge in [0.15, 0.2) is 16.6 Å². The Bertz CT molecular complexity index is 1610. The number of nitrogen functional groups attached to an aromatic ring is 1. The van der Waals surface area contributed by atoms with Gasteiger partial charge < -0.3 is 39.7 Å².